The maximum Gasteiger partial charge on any atom is 0.129 e. The maximum atomic E-state index is 12.4. The summed E-state index contributed by atoms with van der Waals surface area (Å²) in [4.78, 5) is 3.36. The van der Waals surface area contributed by atoms with Gasteiger partial charge in [-0.25, -0.2) is 4.39 Å². The summed E-state index contributed by atoms with van der Waals surface area (Å²) in [5.74, 6) is 0.734. The van der Waals surface area contributed by atoms with Crippen LogP contribution in [0.25, 0.3) is 21.8 Å². The second-order valence-electron chi connectivity index (χ2n) is 5.78. The van der Waals surface area contributed by atoms with Crippen molar-refractivity contribution in [3.63, 3.8) is 0 Å². The third kappa shape index (κ3) is 3.46. The van der Waals surface area contributed by atoms with Crippen LogP contribution in [0.2, 0.25) is 0 Å². The topological polar surface area (TPSA) is 57.3 Å². The number of aromatic amines is 1. The van der Waals surface area contributed by atoms with Gasteiger partial charge in [0.05, 0.1) is 5.52 Å². The standard InChI is InChI=1S/C18H21FN2O2/c1-12(9-19)20-10-13(22)11-23-17-8-4-7-16-18(17)14-5-2-3-6-15(14)21-16/h2-8,12-13,20-22H,9-11H2,1H3/t12?,13-/m0/s1/i19-1. The molecule has 0 saturated carbocycles. The normalized spacial score (nSPS) is 14.2. The van der Waals surface area contributed by atoms with E-state index in [-0.39, 0.29) is 12.6 Å². The lowest BCUT2D eigenvalue weighted by molar-refractivity contribution is 0.104. The quantitative estimate of drug-likeness (QED) is 0.628. The Kier molecular flexibility index (Phi) is 4.79. The fraction of sp³-hybridized carbons (Fsp3) is 0.333. The lowest BCUT2D eigenvalue weighted by atomic mass is 10.1. The summed E-state index contributed by atoms with van der Waals surface area (Å²) >= 11 is 0. The zero-order chi connectivity index (χ0) is 16.2. The first-order valence-corrected chi connectivity index (χ1v) is 7.78. The average molecular weight is 315 g/mol. The van der Waals surface area contributed by atoms with Crippen LogP contribution in [0.5, 0.6) is 5.75 Å². The molecule has 3 N–H and O–H groups in total. The van der Waals surface area contributed by atoms with Gasteiger partial charge in [0.2, 0.25) is 0 Å². The number of aliphatic hydroxyl groups excluding tert-OH is 1. The third-order valence-corrected chi connectivity index (χ3v) is 3.86. The van der Waals surface area contributed by atoms with Crippen molar-refractivity contribution in [3.05, 3.63) is 42.5 Å². The van der Waals surface area contributed by atoms with Crippen LogP contribution in [0.1, 0.15) is 6.92 Å². The highest BCUT2D eigenvalue weighted by atomic mass is 18.2. The number of para-hydroxylation sites is 1. The van der Waals surface area contributed by atoms with Crippen LogP contribution in [0.15, 0.2) is 42.5 Å². The molecule has 1 aromatic heterocycles. The summed E-state index contributed by atoms with van der Waals surface area (Å²) in [6.07, 6.45) is -0.690. The van der Waals surface area contributed by atoms with Crippen LogP contribution < -0.4 is 10.1 Å². The van der Waals surface area contributed by atoms with Crippen molar-refractivity contribution in [1.29, 1.82) is 0 Å². The van der Waals surface area contributed by atoms with Gasteiger partial charge in [0.25, 0.3) is 0 Å². The highest BCUT2D eigenvalue weighted by Gasteiger charge is 2.12. The molecule has 0 amide bonds. The number of hydrogen-bond donors (Lipinski definition) is 3. The Morgan fingerprint density at radius 3 is 2.78 bits per heavy atom. The van der Waals surface area contributed by atoms with Crippen molar-refractivity contribution in [2.45, 2.75) is 19.1 Å². The number of ether oxygens (including phenoxy) is 1. The maximum absolute atomic E-state index is 12.4. The van der Waals surface area contributed by atoms with Gasteiger partial charge in [0.15, 0.2) is 0 Å². The molecule has 1 heterocycles. The highest BCUT2D eigenvalue weighted by molar-refractivity contribution is 6.10. The minimum Gasteiger partial charge on any atom is -0.490 e. The zero-order valence-corrected chi connectivity index (χ0v) is 13.1. The number of halogens is 1. The van der Waals surface area contributed by atoms with Crippen LogP contribution in [0.3, 0.4) is 0 Å². The van der Waals surface area contributed by atoms with Crippen molar-refractivity contribution in [3.8, 4) is 5.75 Å². The van der Waals surface area contributed by atoms with Crippen molar-refractivity contribution in [2.24, 2.45) is 0 Å². The smallest absolute Gasteiger partial charge is 0.129 e. The van der Waals surface area contributed by atoms with E-state index >= 15 is 0 Å². The largest absolute Gasteiger partial charge is 0.490 e. The van der Waals surface area contributed by atoms with Gasteiger partial charge < -0.3 is 20.1 Å². The molecule has 0 spiro atoms. The van der Waals surface area contributed by atoms with Gasteiger partial charge in [0, 0.05) is 28.9 Å². The van der Waals surface area contributed by atoms with Crippen LogP contribution in [-0.2, 0) is 0 Å². The van der Waals surface area contributed by atoms with Crippen LogP contribution in [0, 0.1) is 0 Å². The first kappa shape index (κ1) is 15.8. The number of hydrogen-bond acceptors (Lipinski definition) is 3. The van der Waals surface area contributed by atoms with Crippen LogP contribution in [-0.4, -0.2) is 42.1 Å². The van der Waals surface area contributed by atoms with Crippen LogP contribution >= 0.6 is 0 Å². The van der Waals surface area contributed by atoms with Gasteiger partial charge in [0.1, 0.15) is 25.1 Å². The van der Waals surface area contributed by atoms with Crippen molar-refractivity contribution in [1.82, 2.24) is 10.3 Å². The second-order valence-corrected chi connectivity index (χ2v) is 5.78. The first-order valence-electron chi connectivity index (χ1n) is 7.78. The molecule has 122 valence electrons. The molecule has 0 aliphatic heterocycles. The summed E-state index contributed by atoms with van der Waals surface area (Å²) in [5.41, 5.74) is 2.06. The lowest BCUT2D eigenvalue weighted by Gasteiger charge is -2.16. The third-order valence-electron chi connectivity index (χ3n) is 3.86. The van der Waals surface area contributed by atoms with Crippen molar-refractivity contribution < 1.29 is 14.2 Å². The van der Waals surface area contributed by atoms with Crippen LogP contribution in [0.4, 0.5) is 4.39 Å². The molecule has 3 aromatic rings. The molecule has 4 nitrogen and oxygen atoms in total. The molecule has 0 saturated heterocycles. The Bertz CT molecular complexity index is 787. The van der Waals surface area contributed by atoms with E-state index in [1.165, 1.54) is 0 Å². The number of nitrogens with one attached hydrogen (secondary N) is 2. The van der Waals surface area contributed by atoms with E-state index in [1.807, 2.05) is 42.5 Å². The molecule has 3 rings (SSSR count). The van der Waals surface area contributed by atoms with Gasteiger partial charge in [-0.15, -0.1) is 0 Å². The molecule has 5 heteroatoms. The number of benzene rings is 2. The first-order chi connectivity index (χ1) is 11.2. The summed E-state index contributed by atoms with van der Waals surface area (Å²) in [6.45, 7) is 1.74. The Morgan fingerprint density at radius 1 is 1.17 bits per heavy atom. The molecule has 1 unspecified atom stereocenters. The van der Waals surface area contributed by atoms with Gasteiger partial charge in [-0.2, -0.15) is 0 Å². The molecule has 0 radical (unpaired) electrons. The number of aliphatic hydroxyl groups is 1. The Hall–Kier alpha value is -2.11. The summed E-state index contributed by atoms with van der Waals surface area (Å²) in [7, 11) is 0. The molecule has 0 aliphatic rings. The molecule has 2 aromatic carbocycles. The molecular weight excluding hydrogens is 294 g/mol. The predicted octanol–water partition coefficient (Wildman–Crippen LogP) is 3.01. The van der Waals surface area contributed by atoms with E-state index in [4.69, 9.17) is 4.74 Å². The fourth-order valence-corrected chi connectivity index (χ4v) is 2.63. The molecule has 0 fully saturated rings. The average Bonchev–Trinajstić information content (AvgIpc) is 2.96. The SMILES string of the molecule is CC(C[18F])NC[C@H](O)COc1cccc2[nH]c3ccccc3c12. The number of H-pyrrole nitrogens is 1. The Balaban J connectivity index is 1.75. The second kappa shape index (κ2) is 6.98. The fourth-order valence-electron chi connectivity index (χ4n) is 2.63. The van der Waals surface area contributed by atoms with E-state index in [2.05, 4.69) is 10.3 Å². The van der Waals surface area contributed by atoms with Gasteiger partial charge >= 0.3 is 0 Å². The summed E-state index contributed by atoms with van der Waals surface area (Å²) in [6, 6.07) is 13.6. The number of fused-ring (bicyclic) bond motifs is 3. The zero-order valence-electron chi connectivity index (χ0n) is 13.1. The Labute approximate surface area is 134 Å². The molecule has 0 aliphatic carbocycles. The molecule has 0 bridgehead atoms. The number of aromatic nitrogens is 1. The molecule has 23 heavy (non-hydrogen) atoms. The minimum atomic E-state index is -0.690. The lowest BCUT2D eigenvalue weighted by Crippen LogP contribution is -2.37. The number of rotatable bonds is 7. The van der Waals surface area contributed by atoms with Gasteiger partial charge in [-0.1, -0.05) is 24.3 Å². The molecular formula is C18H21FN2O2. The van der Waals surface area contributed by atoms with Gasteiger partial charge in [-0.05, 0) is 25.1 Å². The molecule has 2 atom stereocenters. The summed E-state index contributed by atoms with van der Waals surface area (Å²) in [5, 5.41) is 15.0. The summed E-state index contributed by atoms with van der Waals surface area (Å²) < 4.78 is 18.2. The van der Waals surface area contributed by atoms with E-state index in [0.29, 0.717) is 6.54 Å². The Morgan fingerprint density at radius 2 is 1.96 bits per heavy atom. The van der Waals surface area contributed by atoms with Crippen molar-refractivity contribution >= 4 is 21.8 Å². The highest BCUT2D eigenvalue weighted by Crippen LogP contribution is 2.32. The van der Waals surface area contributed by atoms with Gasteiger partial charge in [-0.3, -0.25) is 0 Å². The number of alkyl halides is 1. The monoisotopic (exact) mass is 315 g/mol. The minimum absolute atomic E-state index is 0.157. The van der Waals surface area contributed by atoms with Crippen molar-refractivity contribution in [2.75, 3.05) is 19.8 Å². The van der Waals surface area contributed by atoms with E-state index in [9.17, 15) is 9.50 Å². The predicted molar refractivity (Wildman–Crippen MR) is 90.7 cm³/mol. The van der Waals surface area contributed by atoms with E-state index in [1.54, 1.807) is 6.92 Å². The van der Waals surface area contributed by atoms with E-state index < -0.39 is 12.8 Å². The van der Waals surface area contributed by atoms with E-state index in [0.717, 1.165) is 27.6 Å².